The maximum absolute atomic E-state index is 12.3. The number of carbonyl (C=O) groups is 1. The van der Waals surface area contributed by atoms with Crippen molar-refractivity contribution in [3.63, 3.8) is 0 Å². The molecule has 0 aliphatic carbocycles. The van der Waals surface area contributed by atoms with E-state index in [2.05, 4.69) is 22.5 Å². The largest absolute Gasteiger partial charge is 0.370 e. The number of nitrogens with zero attached hydrogens (tertiary/aromatic N) is 1. The third-order valence-electron chi connectivity index (χ3n) is 3.22. The molecule has 0 atom stereocenters. The van der Waals surface area contributed by atoms with Gasteiger partial charge in [-0.25, -0.2) is 4.98 Å². The van der Waals surface area contributed by atoms with Gasteiger partial charge >= 0.3 is 0 Å². The van der Waals surface area contributed by atoms with Gasteiger partial charge in [-0.1, -0.05) is 19.1 Å². The lowest BCUT2D eigenvalue weighted by molar-refractivity contribution is 0.102. The monoisotopic (exact) mass is 283 g/mol. The summed E-state index contributed by atoms with van der Waals surface area (Å²) in [6.07, 6.45) is 2.66. The third kappa shape index (κ3) is 4.05. The molecule has 0 radical (unpaired) electrons. The molecule has 0 spiro atoms. The van der Waals surface area contributed by atoms with Crippen molar-refractivity contribution in [1.29, 1.82) is 0 Å². The van der Waals surface area contributed by atoms with E-state index in [-0.39, 0.29) is 5.91 Å². The highest BCUT2D eigenvalue weighted by atomic mass is 16.1. The fourth-order valence-corrected chi connectivity index (χ4v) is 1.99. The number of anilines is 2. The number of rotatable bonds is 5. The van der Waals surface area contributed by atoms with Crippen LogP contribution in [-0.2, 0) is 0 Å². The van der Waals surface area contributed by atoms with Crippen molar-refractivity contribution in [1.82, 2.24) is 4.98 Å². The first-order chi connectivity index (χ1) is 10.1. The smallest absolute Gasteiger partial charge is 0.255 e. The summed E-state index contributed by atoms with van der Waals surface area (Å²) in [5.41, 5.74) is 3.62. The summed E-state index contributed by atoms with van der Waals surface area (Å²) in [4.78, 5) is 16.5. The standard InChI is InChI=1S/C17H21N3O/c1-4-8-18-16-11-14(7-9-19-16)17(21)20-15-10-12(2)5-6-13(15)3/h5-7,9-11H,4,8H2,1-3H3,(H,18,19)(H,20,21). The van der Waals surface area contributed by atoms with E-state index in [1.54, 1.807) is 18.3 Å². The summed E-state index contributed by atoms with van der Waals surface area (Å²) < 4.78 is 0. The van der Waals surface area contributed by atoms with Crippen LogP contribution in [-0.4, -0.2) is 17.4 Å². The van der Waals surface area contributed by atoms with Crippen LogP contribution in [0.15, 0.2) is 36.5 Å². The number of hydrogen-bond acceptors (Lipinski definition) is 3. The number of aryl methyl sites for hydroxylation is 2. The van der Waals surface area contributed by atoms with Gasteiger partial charge in [0.15, 0.2) is 0 Å². The Labute approximate surface area is 125 Å². The van der Waals surface area contributed by atoms with Gasteiger partial charge in [-0.2, -0.15) is 0 Å². The minimum absolute atomic E-state index is 0.120. The lowest BCUT2D eigenvalue weighted by Gasteiger charge is -2.10. The summed E-state index contributed by atoms with van der Waals surface area (Å²) in [6, 6.07) is 9.51. The van der Waals surface area contributed by atoms with Crippen LogP contribution < -0.4 is 10.6 Å². The Bertz CT molecular complexity index is 638. The summed E-state index contributed by atoms with van der Waals surface area (Å²) in [7, 11) is 0. The van der Waals surface area contributed by atoms with E-state index >= 15 is 0 Å². The fourth-order valence-electron chi connectivity index (χ4n) is 1.99. The Morgan fingerprint density at radius 2 is 2.00 bits per heavy atom. The predicted octanol–water partition coefficient (Wildman–Crippen LogP) is 3.77. The molecule has 2 aromatic rings. The van der Waals surface area contributed by atoms with Crippen LogP contribution in [0.2, 0.25) is 0 Å². The van der Waals surface area contributed by atoms with Crippen LogP contribution in [0, 0.1) is 13.8 Å². The van der Waals surface area contributed by atoms with Crippen LogP contribution in [0.3, 0.4) is 0 Å². The molecule has 0 unspecified atom stereocenters. The van der Waals surface area contributed by atoms with Crippen LogP contribution in [0.4, 0.5) is 11.5 Å². The quantitative estimate of drug-likeness (QED) is 0.878. The maximum atomic E-state index is 12.3. The Kier molecular flexibility index (Phi) is 4.93. The lowest BCUT2D eigenvalue weighted by atomic mass is 10.1. The Morgan fingerprint density at radius 1 is 1.19 bits per heavy atom. The van der Waals surface area contributed by atoms with Gasteiger partial charge in [0.25, 0.3) is 5.91 Å². The molecule has 0 saturated heterocycles. The molecule has 0 aliphatic rings. The van der Waals surface area contributed by atoms with Gasteiger partial charge in [0.05, 0.1) is 0 Å². The molecule has 0 bridgehead atoms. The summed E-state index contributed by atoms with van der Waals surface area (Å²) in [5, 5.41) is 6.14. The molecule has 1 aromatic heterocycles. The number of nitrogens with one attached hydrogen (secondary N) is 2. The van der Waals surface area contributed by atoms with E-state index in [9.17, 15) is 4.79 Å². The fraction of sp³-hybridized carbons (Fsp3) is 0.294. The van der Waals surface area contributed by atoms with Crippen LogP contribution in [0.1, 0.15) is 34.8 Å². The molecule has 21 heavy (non-hydrogen) atoms. The zero-order valence-corrected chi connectivity index (χ0v) is 12.7. The third-order valence-corrected chi connectivity index (χ3v) is 3.22. The van der Waals surface area contributed by atoms with Crippen LogP contribution in [0.5, 0.6) is 0 Å². The molecule has 0 fully saturated rings. The van der Waals surface area contributed by atoms with Gasteiger partial charge in [0.2, 0.25) is 0 Å². The first-order valence-corrected chi connectivity index (χ1v) is 7.18. The average Bonchev–Trinajstić information content (AvgIpc) is 2.49. The van der Waals surface area contributed by atoms with Gasteiger partial charge < -0.3 is 10.6 Å². The number of benzene rings is 1. The Morgan fingerprint density at radius 3 is 2.76 bits per heavy atom. The van der Waals surface area contributed by atoms with Gasteiger partial charge in [0, 0.05) is 24.0 Å². The molecule has 1 amide bonds. The van der Waals surface area contributed by atoms with E-state index in [1.807, 2.05) is 32.0 Å². The molecule has 1 heterocycles. The average molecular weight is 283 g/mol. The topological polar surface area (TPSA) is 54.0 Å². The minimum atomic E-state index is -0.120. The van der Waals surface area contributed by atoms with E-state index in [0.29, 0.717) is 5.56 Å². The van der Waals surface area contributed by atoms with Crippen molar-refractivity contribution < 1.29 is 4.79 Å². The van der Waals surface area contributed by atoms with Crippen molar-refractivity contribution in [2.75, 3.05) is 17.2 Å². The van der Waals surface area contributed by atoms with Gasteiger partial charge in [-0.3, -0.25) is 4.79 Å². The molecule has 2 N–H and O–H groups in total. The van der Waals surface area contributed by atoms with Crippen molar-refractivity contribution in [3.8, 4) is 0 Å². The van der Waals surface area contributed by atoms with Crippen LogP contribution >= 0.6 is 0 Å². The second-order valence-electron chi connectivity index (χ2n) is 5.13. The number of amides is 1. The van der Waals surface area contributed by atoms with E-state index in [0.717, 1.165) is 35.6 Å². The lowest BCUT2D eigenvalue weighted by Crippen LogP contribution is -2.14. The first kappa shape index (κ1) is 15.0. The molecule has 110 valence electrons. The highest BCUT2D eigenvalue weighted by Crippen LogP contribution is 2.18. The highest BCUT2D eigenvalue weighted by molar-refractivity contribution is 6.05. The normalized spacial score (nSPS) is 10.2. The second kappa shape index (κ2) is 6.88. The maximum Gasteiger partial charge on any atom is 0.255 e. The van der Waals surface area contributed by atoms with E-state index in [1.165, 1.54) is 0 Å². The second-order valence-corrected chi connectivity index (χ2v) is 5.13. The number of carbonyl (C=O) groups excluding carboxylic acids is 1. The summed E-state index contributed by atoms with van der Waals surface area (Å²) in [6.45, 7) is 6.92. The Hall–Kier alpha value is -2.36. The van der Waals surface area contributed by atoms with E-state index in [4.69, 9.17) is 0 Å². The SMILES string of the molecule is CCCNc1cc(C(=O)Nc2cc(C)ccc2C)ccn1. The van der Waals surface area contributed by atoms with Gasteiger partial charge in [-0.15, -0.1) is 0 Å². The van der Waals surface area contributed by atoms with Gasteiger partial charge in [-0.05, 0) is 49.6 Å². The molecular formula is C17H21N3O. The number of pyridine rings is 1. The van der Waals surface area contributed by atoms with Crippen molar-refractivity contribution in [2.45, 2.75) is 27.2 Å². The van der Waals surface area contributed by atoms with Gasteiger partial charge in [0.1, 0.15) is 5.82 Å². The number of aromatic nitrogens is 1. The first-order valence-electron chi connectivity index (χ1n) is 7.18. The summed E-state index contributed by atoms with van der Waals surface area (Å²) >= 11 is 0. The van der Waals surface area contributed by atoms with Crippen molar-refractivity contribution >= 4 is 17.4 Å². The van der Waals surface area contributed by atoms with Crippen LogP contribution in [0.25, 0.3) is 0 Å². The molecule has 0 aliphatic heterocycles. The van der Waals surface area contributed by atoms with Crippen molar-refractivity contribution in [2.24, 2.45) is 0 Å². The highest BCUT2D eigenvalue weighted by Gasteiger charge is 2.09. The molecular weight excluding hydrogens is 262 g/mol. The molecule has 4 heteroatoms. The summed E-state index contributed by atoms with van der Waals surface area (Å²) in [5.74, 6) is 0.608. The number of hydrogen-bond donors (Lipinski definition) is 2. The zero-order chi connectivity index (χ0) is 15.2. The zero-order valence-electron chi connectivity index (χ0n) is 12.7. The molecule has 4 nitrogen and oxygen atoms in total. The molecule has 2 rings (SSSR count). The molecule has 1 aromatic carbocycles. The molecule has 0 saturated carbocycles. The van der Waals surface area contributed by atoms with E-state index < -0.39 is 0 Å². The van der Waals surface area contributed by atoms with Crippen molar-refractivity contribution in [3.05, 3.63) is 53.2 Å². The predicted molar refractivity (Wildman–Crippen MR) is 86.9 cm³/mol. The minimum Gasteiger partial charge on any atom is -0.370 e. The Balaban J connectivity index is 2.14.